The number of carbonyl (C=O) groups excluding carboxylic acids is 2. The zero-order valence-electron chi connectivity index (χ0n) is 27.0. The van der Waals surface area contributed by atoms with Gasteiger partial charge in [-0.1, -0.05) is 109 Å². The summed E-state index contributed by atoms with van der Waals surface area (Å²) in [6.07, 6.45) is 0.253. The highest BCUT2D eigenvalue weighted by Crippen LogP contribution is 2.30. The molecule has 0 aliphatic rings. The molecule has 1 N–H and O–H groups in total. The average Bonchev–Trinajstić information content (AvgIpc) is 3.03. The van der Waals surface area contributed by atoms with Gasteiger partial charge in [-0.2, -0.15) is 0 Å². The highest BCUT2D eigenvalue weighted by atomic mass is 35.5. The fourth-order valence-electron chi connectivity index (χ4n) is 5.07. The minimum atomic E-state index is -4.22. The summed E-state index contributed by atoms with van der Waals surface area (Å²) < 4.78 is 29.6. The summed E-state index contributed by atoms with van der Waals surface area (Å²) in [5.41, 5.74) is 4.59. The lowest BCUT2D eigenvalue weighted by molar-refractivity contribution is -0.140. The Kier molecular flexibility index (Phi) is 11.7. The van der Waals surface area contributed by atoms with Crippen LogP contribution >= 0.6 is 11.6 Å². The van der Waals surface area contributed by atoms with Gasteiger partial charge in [-0.25, -0.2) is 8.42 Å². The van der Waals surface area contributed by atoms with E-state index in [0.29, 0.717) is 22.8 Å². The van der Waals surface area contributed by atoms with Crippen molar-refractivity contribution in [2.45, 2.75) is 58.5 Å². The molecule has 0 bridgehead atoms. The molecule has 9 heteroatoms. The SMILES string of the molecule is Cc1ccc(CN(C(=O)CN(c2cc(Cl)ccc2C)S(=O)(=O)c2ccc(C)cc2)[C@@H](Cc2ccccc2)C(=O)NCC(C)C)cc1. The Bertz CT molecular complexity index is 1740. The fourth-order valence-corrected chi connectivity index (χ4v) is 6.71. The minimum Gasteiger partial charge on any atom is -0.354 e. The predicted octanol–water partition coefficient (Wildman–Crippen LogP) is 6.87. The van der Waals surface area contributed by atoms with Crippen LogP contribution in [0.5, 0.6) is 0 Å². The van der Waals surface area contributed by atoms with Crippen LogP contribution in [0.4, 0.5) is 5.69 Å². The van der Waals surface area contributed by atoms with Gasteiger partial charge in [0.1, 0.15) is 12.6 Å². The van der Waals surface area contributed by atoms with Gasteiger partial charge in [-0.05, 0) is 67.6 Å². The first-order valence-corrected chi connectivity index (χ1v) is 17.2. The van der Waals surface area contributed by atoms with Crippen molar-refractivity contribution in [2.75, 3.05) is 17.4 Å². The van der Waals surface area contributed by atoms with Crippen molar-refractivity contribution in [3.05, 3.63) is 130 Å². The summed E-state index contributed by atoms with van der Waals surface area (Å²) in [7, 11) is -4.22. The van der Waals surface area contributed by atoms with E-state index in [1.807, 2.05) is 82.3 Å². The monoisotopic (exact) mass is 659 g/mol. The summed E-state index contributed by atoms with van der Waals surface area (Å²) >= 11 is 6.37. The number of nitrogens with one attached hydrogen (secondary N) is 1. The van der Waals surface area contributed by atoms with Gasteiger partial charge >= 0.3 is 0 Å². The maximum atomic E-state index is 14.6. The smallest absolute Gasteiger partial charge is 0.264 e. The van der Waals surface area contributed by atoms with Crippen molar-refractivity contribution in [3.63, 3.8) is 0 Å². The van der Waals surface area contributed by atoms with Crippen molar-refractivity contribution in [1.29, 1.82) is 0 Å². The lowest BCUT2D eigenvalue weighted by Crippen LogP contribution is -2.53. The Morgan fingerprint density at radius 1 is 0.804 bits per heavy atom. The first kappa shape index (κ1) is 34.7. The highest BCUT2D eigenvalue weighted by Gasteiger charge is 2.35. The number of amides is 2. The van der Waals surface area contributed by atoms with E-state index in [4.69, 9.17) is 11.6 Å². The standard InChI is InChI=1S/C37H42ClN3O4S/c1-26(2)23-39-37(43)35(21-30-9-7-6-8-10-30)40(24-31-16-11-27(3)12-17-31)36(42)25-41(34-22-32(38)18-15-29(34)5)46(44,45)33-19-13-28(4)14-20-33/h6-20,22,26,35H,21,23-25H2,1-5H3,(H,39,43)/t35-/m0/s1. The topological polar surface area (TPSA) is 86.8 Å². The number of hydrogen-bond donors (Lipinski definition) is 1. The van der Waals surface area contributed by atoms with Gasteiger partial charge in [0, 0.05) is 24.5 Å². The third kappa shape index (κ3) is 8.98. The van der Waals surface area contributed by atoms with Crippen LogP contribution in [0, 0.1) is 26.7 Å². The maximum absolute atomic E-state index is 14.6. The third-order valence-corrected chi connectivity index (χ3v) is 9.77. The van der Waals surface area contributed by atoms with Crippen LogP contribution < -0.4 is 9.62 Å². The van der Waals surface area contributed by atoms with Gasteiger partial charge in [0.2, 0.25) is 11.8 Å². The van der Waals surface area contributed by atoms with Crippen molar-refractivity contribution in [2.24, 2.45) is 5.92 Å². The zero-order chi connectivity index (χ0) is 33.4. The summed E-state index contributed by atoms with van der Waals surface area (Å²) in [6, 6.07) is 27.8. The second kappa shape index (κ2) is 15.4. The molecule has 0 heterocycles. The van der Waals surface area contributed by atoms with Gasteiger partial charge in [0.15, 0.2) is 0 Å². The molecule has 0 aliphatic heterocycles. The largest absolute Gasteiger partial charge is 0.354 e. The normalized spacial score (nSPS) is 12.1. The molecule has 7 nitrogen and oxygen atoms in total. The molecule has 242 valence electrons. The molecule has 2 amide bonds. The Labute approximate surface area is 278 Å². The van der Waals surface area contributed by atoms with E-state index in [9.17, 15) is 18.0 Å². The molecular weight excluding hydrogens is 618 g/mol. The van der Waals surface area contributed by atoms with Gasteiger partial charge in [0.25, 0.3) is 10.0 Å². The molecule has 4 aromatic carbocycles. The van der Waals surface area contributed by atoms with E-state index in [0.717, 1.165) is 26.6 Å². The summed E-state index contributed by atoms with van der Waals surface area (Å²) in [5, 5.41) is 3.35. The van der Waals surface area contributed by atoms with Crippen LogP contribution in [0.3, 0.4) is 0 Å². The second-order valence-electron chi connectivity index (χ2n) is 12.1. The van der Waals surface area contributed by atoms with Crippen LogP contribution in [0.25, 0.3) is 0 Å². The molecule has 46 heavy (non-hydrogen) atoms. The number of anilines is 1. The van der Waals surface area contributed by atoms with E-state index < -0.39 is 28.5 Å². The van der Waals surface area contributed by atoms with E-state index in [1.165, 1.54) is 17.0 Å². The molecule has 0 radical (unpaired) electrons. The number of sulfonamides is 1. The molecule has 0 unspecified atom stereocenters. The number of aryl methyl sites for hydroxylation is 3. The van der Waals surface area contributed by atoms with Crippen molar-refractivity contribution in [1.82, 2.24) is 10.2 Å². The Morgan fingerprint density at radius 3 is 2.02 bits per heavy atom. The summed E-state index contributed by atoms with van der Waals surface area (Å²) in [4.78, 5) is 30.1. The molecule has 4 rings (SSSR count). The van der Waals surface area contributed by atoms with E-state index in [2.05, 4.69) is 5.32 Å². The first-order valence-electron chi connectivity index (χ1n) is 15.4. The molecule has 0 aromatic heterocycles. The van der Waals surface area contributed by atoms with Crippen LogP contribution in [-0.2, 0) is 32.6 Å². The lowest BCUT2D eigenvalue weighted by atomic mass is 10.0. The van der Waals surface area contributed by atoms with Crippen LogP contribution in [0.1, 0.15) is 41.7 Å². The second-order valence-corrected chi connectivity index (χ2v) is 14.4. The van der Waals surface area contributed by atoms with Crippen LogP contribution in [-0.4, -0.2) is 44.3 Å². The number of nitrogens with zero attached hydrogens (tertiary/aromatic N) is 2. The van der Waals surface area contributed by atoms with Gasteiger partial charge in [-0.15, -0.1) is 0 Å². The van der Waals surface area contributed by atoms with Gasteiger partial charge in [0.05, 0.1) is 10.6 Å². The maximum Gasteiger partial charge on any atom is 0.264 e. The lowest BCUT2D eigenvalue weighted by Gasteiger charge is -2.34. The van der Waals surface area contributed by atoms with Crippen molar-refractivity contribution >= 4 is 39.1 Å². The van der Waals surface area contributed by atoms with E-state index in [-0.39, 0.29) is 29.7 Å². The fraction of sp³-hybridized carbons (Fsp3) is 0.297. The van der Waals surface area contributed by atoms with Gasteiger partial charge < -0.3 is 10.2 Å². The van der Waals surface area contributed by atoms with E-state index in [1.54, 1.807) is 37.3 Å². The van der Waals surface area contributed by atoms with E-state index >= 15 is 0 Å². The number of benzene rings is 4. The number of rotatable bonds is 13. The minimum absolute atomic E-state index is 0.0471. The van der Waals surface area contributed by atoms with Crippen LogP contribution in [0.15, 0.2) is 102 Å². The van der Waals surface area contributed by atoms with Gasteiger partial charge in [-0.3, -0.25) is 13.9 Å². The average molecular weight is 660 g/mol. The molecular formula is C37H42ClN3O4S. The summed E-state index contributed by atoms with van der Waals surface area (Å²) in [6.45, 7) is 9.64. The third-order valence-electron chi connectivity index (χ3n) is 7.76. The molecule has 0 aliphatic carbocycles. The number of hydrogen-bond acceptors (Lipinski definition) is 4. The highest BCUT2D eigenvalue weighted by molar-refractivity contribution is 7.92. The molecule has 0 saturated carbocycles. The first-order chi connectivity index (χ1) is 21.8. The summed E-state index contributed by atoms with van der Waals surface area (Å²) in [5.74, 6) is -0.621. The van der Waals surface area contributed by atoms with Crippen LogP contribution in [0.2, 0.25) is 5.02 Å². The quantitative estimate of drug-likeness (QED) is 0.170. The number of halogens is 1. The van der Waals surface area contributed by atoms with Crippen molar-refractivity contribution < 1.29 is 18.0 Å². The molecule has 0 saturated heterocycles. The molecule has 4 aromatic rings. The molecule has 1 atom stereocenters. The molecule has 0 fully saturated rings. The Balaban J connectivity index is 1.82. The zero-order valence-corrected chi connectivity index (χ0v) is 28.6. The number of carbonyl (C=O) groups is 2. The Hall–Kier alpha value is -4.14. The van der Waals surface area contributed by atoms with Crippen molar-refractivity contribution in [3.8, 4) is 0 Å². The Morgan fingerprint density at radius 2 is 1.41 bits per heavy atom. The molecule has 0 spiro atoms. The predicted molar refractivity (Wildman–Crippen MR) is 185 cm³/mol.